The molecule has 5 heteroatoms. The second kappa shape index (κ2) is 5.91. The van der Waals surface area contributed by atoms with Crippen LogP contribution in [0.25, 0.3) is 0 Å². The lowest BCUT2D eigenvalue weighted by Gasteiger charge is -2.31. The molecule has 1 aliphatic heterocycles. The number of nitrogens with one attached hydrogen (secondary N) is 2. The number of carbonyl (C=O) groups is 1. The number of fused-ring (bicyclic) bond motifs is 1. The SMILES string of the molecule is O=C(Nc1ccc2c(c1)CC(C1CCC1)N2)C1(c2ccc(O)c(O)c2)CC1. The van der Waals surface area contributed by atoms with E-state index in [9.17, 15) is 15.0 Å². The van der Waals surface area contributed by atoms with Crippen LogP contribution in [0.2, 0.25) is 0 Å². The van der Waals surface area contributed by atoms with Gasteiger partial charge in [-0.2, -0.15) is 0 Å². The van der Waals surface area contributed by atoms with Crippen LogP contribution >= 0.6 is 0 Å². The molecule has 5 rings (SSSR count). The van der Waals surface area contributed by atoms with Gasteiger partial charge in [-0.1, -0.05) is 12.5 Å². The van der Waals surface area contributed by atoms with Gasteiger partial charge in [-0.15, -0.1) is 0 Å². The maximum Gasteiger partial charge on any atom is 0.235 e. The van der Waals surface area contributed by atoms with Crippen molar-refractivity contribution in [2.75, 3.05) is 10.6 Å². The largest absolute Gasteiger partial charge is 0.504 e. The number of hydrogen-bond donors (Lipinski definition) is 4. The van der Waals surface area contributed by atoms with Gasteiger partial charge in [0.05, 0.1) is 5.41 Å². The first-order valence-electron chi connectivity index (χ1n) is 9.78. The van der Waals surface area contributed by atoms with Gasteiger partial charge in [0.1, 0.15) is 0 Å². The third-order valence-corrected chi connectivity index (χ3v) is 6.58. The number of phenolic OH excluding ortho intramolecular Hbond substituents is 2. The summed E-state index contributed by atoms with van der Waals surface area (Å²) in [6, 6.07) is 11.3. The lowest BCUT2D eigenvalue weighted by molar-refractivity contribution is -0.118. The van der Waals surface area contributed by atoms with Crippen molar-refractivity contribution < 1.29 is 15.0 Å². The van der Waals surface area contributed by atoms with E-state index in [4.69, 9.17) is 0 Å². The molecule has 0 bridgehead atoms. The lowest BCUT2D eigenvalue weighted by atomic mass is 9.79. The average molecular weight is 364 g/mol. The third kappa shape index (κ3) is 2.73. The smallest absolute Gasteiger partial charge is 0.235 e. The number of aromatic hydroxyl groups is 2. The van der Waals surface area contributed by atoms with Crippen LogP contribution in [0.3, 0.4) is 0 Å². The van der Waals surface area contributed by atoms with Crippen molar-refractivity contribution in [2.24, 2.45) is 5.92 Å². The monoisotopic (exact) mass is 364 g/mol. The van der Waals surface area contributed by atoms with Crippen LogP contribution in [0.5, 0.6) is 11.5 Å². The molecule has 5 nitrogen and oxygen atoms in total. The van der Waals surface area contributed by atoms with Gasteiger partial charge in [0, 0.05) is 17.4 Å². The summed E-state index contributed by atoms with van der Waals surface area (Å²) in [6.07, 6.45) is 6.50. The zero-order valence-corrected chi connectivity index (χ0v) is 15.2. The maximum atomic E-state index is 13.0. The van der Waals surface area contributed by atoms with Crippen molar-refractivity contribution in [3.05, 3.63) is 47.5 Å². The third-order valence-electron chi connectivity index (χ3n) is 6.58. The van der Waals surface area contributed by atoms with Crippen LogP contribution in [-0.4, -0.2) is 22.2 Å². The number of hydrogen-bond acceptors (Lipinski definition) is 4. The van der Waals surface area contributed by atoms with E-state index in [1.165, 1.54) is 42.6 Å². The zero-order chi connectivity index (χ0) is 18.6. The molecule has 1 amide bonds. The first-order valence-corrected chi connectivity index (χ1v) is 9.78. The molecule has 2 aromatic carbocycles. The highest BCUT2D eigenvalue weighted by molar-refractivity contribution is 6.01. The first kappa shape index (κ1) is 16.5. The van der Waals surface area contributed by atoms with E-state index in [2.05, 4.69) is 22.8 Å². The van der Waals surface area contributed by atoms with Crippen LogP contribution in [0.4, 0.5) is 11.4 Å². The van der Waals surface area contributed by atoms with Gasteiger partial charge in [0.2, 0.25) is 5.91 Å². The van der Waals surface area contributed by atoms with Crippen LogP contribution in [0, 0.1) is 5.92 Å². The Hall–Kier alpha value is -2.69. The van der Waals surface area contributed by atoms with Gasteiger partial charge in [0.15, 0.2) is 11.5 Å². The molecular weight excluding hydrogens is 340 g/mol. The van der Waals surface area contributed by atoms with Gasteiger partial charge >= 0.3 is 0 Å². The number of carbonyl (C=O) groups excluding carboxylic acids is 1. The van der Waals surface area contributed by atoms with E-state index in [0.717, 1.165) is 36.4 Å². The topological polar surface area (TPSA) is 81.6 Å². The number of amides is 1. The highest BCUT2D eigenvalue weighted by atomic mass is 16.3. The molecule has 2 aromatic rings. The molecule has 2 saturated carbocycles. The Bertz CT molecular complexity index is 916. The molecular formula is C22H24N2O3. The highest BCUT2D eigenvalue weighted by Crippen LogP contribution is 2.50. The number of phenols is 2. The molecule has 0 aromatic heterocycles. The molecule has 27 heavy (non-hydrogen) atoms. The number of rotatable bonds is 4. The fourth-order valence-electron chi connectivity index (χ4n) is 4.44. The molecule has 2 fully saturated rings. The molecule has 1 unspecified atom stereocenters. The molecule has 4 N–H and O–H groups in total. The quantitative estimate of drug-likeness (QED) is 0.620. The van der Waals surface area contributed by atoms with E-state index in [1.807, 2.05) is 6.07 Å². The van der Waals surface area contributed by atoms with Crippen LogP contribution in [0.15, 0.2) is 36.4 Å². The predicted octanol–water partition coefficient (Wildman–Crippen LogP) is 3.90. The summed E-state index contributed by atoms with van der Waals surface area (Å²) < 4.78 is 0. The molecule has 2 aliphatic carbocycles. The maximum absolute atomic E-state index is 13.0. The van der Waals surface area contributed by atoms with Crippen molar-refractivity contribution in [3.63, 3.8) is 0 Å². The van der Waals surface area contributed by atoms with Gasteiger partial charge in [-0.05, 0) is 79.5 Å². The van der Waals surface area contributed by atoms with E-state index in [-0.39, 0.29) is 17.4 Å². The summed E-state index contributed by atoms with van der Waals surface area (Å²) in [6.45, 7) is 0. The minimum atomic E-state index is -0.600. The Labute approximate surface area is 158 Å². The van der Waals surface area contributed by atoms with E-state index < -0.39 is 5.41 Å². The minimum absolute atomic E-state index is 0.0472. The Balaban J connectivity index is 1.32. The Morgan fingerprint density at radius 2 is 1.89 bits per heavy atom. The van der Waals surface area contributed by atoms with Crippen molar-refractivity contribution >= 4 is 17.3 Å². The van der Waals surface area contributed by atoms with Crippen LogP contribution < -0.4 is 10.6 Å². The zero-order valence-electron chi connectivity index (χ0n) is 15.2. The number of anilines is 2. The van der Waals surface area contributed by atoms with E-state index >= 15 is 0 Å². The fraction of sp³-hybridized carbons (Fsp3) is 0.409. The van der Waals surface area contributed by atoms with Crippen molar-refractivity contribution in [3.8, 4) is 11.5 Å². The summed E-state index contributed by atoms with van der Waals surface area (Å²) >= 11 is 0. The van der Waals surface area contributed by atoms with Gasteiger partial charge < -0.3 is 20.8 Å². The second-order valence-corrected chi connectivity index (χ2v) is 8.26. The Kier molecular flexibility index (Phi) is 3.61. The van der Waals surface area contributed by atoms with E-state index in [1.54, 1.807) is 6.07 Å². The summed E-state index contributed by atoms with van der Waals surface area (Å²) in [5.41, 5.74) is 3.44. The lowest BCUT2D eigenvalue weighted by Crippen LogP contribution is -2.31. The second-order valence-electron chi connectivity index (χ2n) is 8.26. The molecule has 0 spiro atoms. The summed E-state index contributed by atoms with van der Waals surface area (Å²) in [5, 5.41) is 26.0. The van der Waals surface area contributed by atoms with Crippen molar-refractivity contribution in [2.45, 2.75) is 50.0 Å². The normalized spacial score (nSPS) is 22.4. The molecule has 0 saturated heterocycles. The molecule has 1 heterocycles. The van der Waals surface area contributed by atoms with Gasteiger partial charge in [-0.25, -0.2) is 0 Å². The van der Waals surface area contributed by atoms with Gasteiger partial charge in [0.25, 0.3) is 0 Å². The average Bonchev–Trinajstić information content (AvgIpc) is 3.31. The van der Waals surface area contributed by atoms with Crippen molar-refractivity contribution in [1.82, 2.24) is 0 Å². The Morgan fingerprint density at radius 1 is 1.07 bits per heavy atom. The molecule has 3 aliphatic rings. The summed E-state index contributed by atoms with van der Waals surface area (Å²) in [4.78, 5) is 13.0. The molecule has 0 radical (unpaired) electrons. The predicted molar refractivity (Wildman–Crippen MR) is 104 cm³/mol. The molecule has 140 valence electrons. The van der Waals surface area contributed by atoms with Gasteiger partial charge in [-0.3, -0.25) is 4.79 Å². The number of benzene rings is 2. The fourth-order valence-corrected chi connectivity index (χ4v) is 4.44. The highest BCUT2D eigenvalue weighted by Gasteiger charge is 2.51. The Morgan fingerprint density at radius 3 is 2.56 bits per heavy atom. The van der Waals surface area contributed by atoms with Crippen molar-refractivity contribution in [1.29, 1.82) is 0 Å². The molecule has 1 atom stereocenters. The van der Waals surface area contributed by atoms with Crippen LogP contribution in [0.1, 0.15) is 43.2 Å². The summed E-state index contributed by atoms with van der Waals surface area (Å²) in [7, 11) is 0. The first-order chi connectivity index (χ1) is 13.0. The summed E-state index contributed by atoms with van der Waals surface area (Å²) in [5.74, 6) is 0.390. The standard InChI is InChI=1S/C22H24N2O3/c25-19-7-4-15(12-20(19)26)22(8-9-22)21(27)23-16-5-6-17-14(10-16)11-18(24-17)13-2-1-3-13/h4-7,10,12-13,18,24-26H,1-3,8-9,11H2,(H,23,27). The van der Waals surface area contributed by atoms with E-state index in [0.29, 0.717) is 6.04 Å². The minimum Gasteiger partial charge on any atom is -0.504 e. The van der Waals surface area contributed by atoms with Crippen LogP contribution in [-0.2, 0) is 16.6 Å².